The topological polar surface area (TPSA) is 26.0 Å². The van der Waals surface area contributed by atoms with Crippen molar-refractivity contribution in [2.75, 3.05) is 5.73 Å². The second-order valence-corrected chi connectivity index (χ2v) is 4.88. The molecule has 2 rings (SSSR count). The molecule has 0 aromatic heterocycles. The lowest BCUT2D eigenvalue weighted by Crippen LogP contribution is -1.93. The molecule has 0 unspecified atom stereocenters. The lowest BCUT2D eigenvalue weighted by atomic mass is 9.96. The minimum Gasteiger partial charge on any atom is -0.399 e. The third-order valence-corrected chi connectivity index (χ3v) is 3.30. The van der Waals surface area contributed by atoms with Gasteiger partial charge in [0.1, 0.15) is 0 Å². The molecule has 18 heavy (non-hydrogen) atoms. The number of aryl methyl sites for hydroxylation is 2. The third-order valence-electron chi connectivity index (χ3n) is 3.30. The highest BCUT2D eigenvalue weighted by atomic mass is 14.6. The van der Waals surface area contributed by atoms with E-state index in [1.165, 1.54) is 22.3 Å². The molecule has 0 saturated heterocycles. The van der Waals surface area contributed by atoms with Gasteiger partial charge in [-0.05, 0) is 60.7 Å². The first kappa shape index (κ1) is 12.4. The molecule has 2 N–H and O–H groups in total. The summed E-state index contributed by atoms with van der Waals surface area (Å²) in [5, 5.41) is 0. The van der Waals surface area contributed by atoms with E-state index >= 15 is 0 Å². The molecule has 0 amide bonds. The largest absolute Gasteiger partial charge is 0.399 e. The predicted molar refractivity (Wildman–Crippen MR) is 80.5 cm³/mol. The van der Waals surface area contributed by atoms with E-state index in [9.17, 15) is 0 Å². The van der Waals surface area contributed by atoms with E-state index in [0.29, 0.717) is 0 Å². The zero-order valence-corrected chi connectivity index (χ0v) is 11.2. The van der Waals surface area contributed by atoms with Gasteiger partial charge in [-0.25, -0.2) is 0 Å². The Kier molecular flexibility index (Phi) is 3.24. The van der Waals surface area contributed by atoms with Crippen LogP contribution in [0.5, 0.6) is 0 Å². The Morgan fingerprint density at radius 2 is 1.61 bits per heavy atom. The van der Waals surface area contributed by atoms with Crippen molar-refractivity contribution in [2.24, 2.45) is 0 Å². The van der Waals surface area contributed by atoms with Crippen molar-refractivity contribution in [1.82, 2.24) is 0 Å². The fourth-order valence-corrected chi connectivity index (χ4v) is 2.08. The van der Waals surface area contributed by atoms with E-state index in [4.69, 9.17) is 5.73 Å². The lowest BCUT2D eigenvalue weighted by Gasteiger charge is -2.10. The molecule has 0 spiro atoms. The van der Waals surface area contributed by atoms with E-state index in [1.54, 1.807) is 0 Å². The first-order chi connectivity index (χ1) is 8.49. The van der Waals surface area contributed by atoms with E-state index in [2.05, 4.69) is 43.8 Å². The zero-order valence-electron chi connectivity index (χ0n) is 11.2. The highest BCUT2D eigenvalue weighted by Gasteiger charge is 2.05. The minimum atomic E-state index is 0.856. The summed E-state index contributed by atoms with van der Waals surface area (Å²) in [5.41, 5.74) is 13.9. The van der Waals surface area contributed by atoms with E-state index in [-0.39, 0.29) is 0 Å². The molecule has 1 heteroatoms. The highest BCUT2D eigenvalue weighted by Crippen LogP contribution is 2.28. The average Bonchev–Trinajstić information content (AvgIpc) is 2.34. The first-order valence-electron chi connectivity index (χ1n) is 6.12. The summed E-state index contributed by atoms with van der Waals surface area (Å²) in [5.74, 6) is 0. The van der Waals surface area contributed by atoms with E-state index in [1.807, 2.05) is 19.9 Å². The number of hydrogen-bond acceptors (Lipinski definition) is 1. The van der Waals surface area contributed by atoms with Crippen LogP contribution in [0.2, 0.25) is 0 Å². The normalized spacial score (nSPS) is 10.4. The summed E-state index contributed by atoms with van der Waals surface area (Å²) in [6, 6.07) is 12.7. The number of anilines is 1. The number of allylic oxidation sites excluding steroid dienone is 1. The third kappa shape index (κ3) is 2.30. The van der Waals surface area contributed by atoms with Gasteiger partial charge in [0.25, 0.3) is 0 Å². The van der Waals surface area contributed by atoms with Crippen molar-refractivity contribution in [3.05, 3.63) is 59.7 Å². The summed E-state index contributed by atoms with van der Waals surface area (Å²) in [4.78, 5) is 0. The number of hydrogen-bond donors (Lipinski definition) is 1. The molecule has 0 aliphatic heterocycles. The Balaban J connectivity index is 2.49. The molecule has 0 bridgehead atoms. The highest BCUT2D eigenvalue weighted by molar-refractivity contribution is 5.73. The predicted octanol–water partition coefficient (Wildman–Crippen LogP) is 4.59. The van der Waals surface area contributed by atoms with E-state index in [0.717, 1.165) is 16.8 Å². The standard InChI is InChI=1S/C17H19N/c1-11(2)14-5-7-15(8-6-14)16-9-13(4)17(18)10-12(16)3/h5-10H,1,18H2,2-4H3. The second kappa shape index (κ2) is 4.69. The van der Waals surface area contributed by atoms with Crippen LogP contribution in [0, 0.1) is 13.8 Å². The Morgan fingerprint density at radius 3 is 2.17 bits per heavy atom. The van der Waals surface area contributed by atoms with Gasteiger partial charge in [-0.3, -0.25) is 0 Å². The van der Waals surface area contributed by atoms with Crippen LogP contribution in [0.4, 0.5) is 5.69 Å². The molecule has 0 heterocycles. The summed E-state index contributed by atoms with van der Waals surface area (Å²) in [7, 11) is 0. The van der Waals surface area contributed by atoms with Crippen molar-refractivity contribution in [3.8, 4) is 11.1 Å². The van der Waals surface area contributed by atoms with Crippen molar-refractivity contribution >= 4 is 11.3 Å². The summed E-state index contributed by atoms with van der Waals surface area (Å²) >= 11 is 0. The maximum absolute atomic E-state index is 5.92. The molecule has 2 aromatic carbocycles. The van der Waals surface area contributed by atoms with Gasteiger partial charge in [-0.2, -0.15) is 0 Å². The SMILES string of the molecule is C=C(C)c1ccc(-c2cc(C)c(N)cc2C)cc1. The van der Waals surface area contributed by atoms with Gasteiger partial charge in [0.15, 0.2) is 0 Å². The van der Waals surface area contributed by atoms with Gasteiger partial charge in [0, 0.05) is 5.69 Å². The maximum atomic E-state index is 5.92. The van der Waals surface area contributed by atoms with Crippen LogP contribution in [0.1, 0.15) is 23.6 Å². The summed E-state index contributed by atoms with van der Waals surface area (Å²) in [6.07, 6.45) is 0. The number of rotatable bonds is 2. The Hall–Kier alpha value is -2.02. The van der Waals surface area contributed by atoms with Gasteiger partial charge < -0.3 is 5.73 Å². The number of nitrogen functional groups attached to an aromatic ring is 1. The van der Waals surface area contributed by atoms with Gasteiger partial charge in [-0.15, -0.1) is 0 Å². The minimum absolute atomic E-state index is 0.856. The van der Waals surface area contributed by atoms with Crippen LogP contribution < -0.4 is 5.73 Å². The van der Waals surface area contributed by atoms with Crippen LogP contribution in [0.25, 0.3) is 16.7 Å². The van der Waals surface area contributed by atoms with Gasteiger partial charge in [0.2, 0.25) is 0 Å². The fraction of sp³-hybridized carbons (Fsp3) is 0.176. The van der Waals surface area contributed by atoms with Crippen LogP contribution in [-0.2, 0) is 0 Å². The maximum Gasteiger partial charge on any atom is 0.0346 e. The summed E-state index contributed by atoms with van der Waals surface area (Å²) in [6.45, 7) is 10.1. The first-order valence-corrected chi connectivity index (χ1v) is 6.12. The monoisotopic (exact) mass is 237 g/mol. The Labute approximate surface area is 109 Å². The molecule has 2 aromatic rings. The second-order valence-electron chi connectivity index (χ2n) is 4.88. The smallest absolute Gasteiger partial charge is 0.0346 e. The molecule has 0 fully saturated rings. The fourth-order valence-electron chi connectivity index (χ4n) is 2.08. The van der Waals surface area contributed by atoms with Gasteiger partial charge >= 0.3 is 0 Å². The molecule has 92 valence electrons. The molecular weight excluding hydrogens is 218 g/mol. The molecule has 0 radical (unpaired) electrons. The Bertz CT molecular complexity index is 592. The average molecular weight is 237 g/mol. The van der Waals surface area contributed by atoms with Crippen molar-refractivity contribution in [1.29, 1.82) is 0 Å². The van der Waals surface area contributed by atoms with Gasteiger partial charge in [0.05, 0.1) is 0 Å². The molecule has 0 atom stereocenters. The molecule has 0 aliphatic rings. The van der Waals surface area contributed by atoms with Gasteiger partial charge in [-0.1, -0.05) is 36.4 Å². The molecule has 0 aliphatic carbocycles. The lowest BCUT2D eigenvalue weighted by molar-refractivity contribution is 1.39. The summed E-state index contributed by atoms with van der Waals surface area (Å²) < 4.78 is 0. The van der Waals surface area contributed by atoms with Crippen LogP contribution in [-0.4, -0.2) is 0 Å². The molecular formula is C17H19N. The van der Waals surface area contributed by atoms with E-state index < -0.39 is 0 Å². The molecule has 1 nitrogen and oxygen atoms in total. The van der Waals surface area contributed by atoms with Crippen LogP contribution >= 0.6 is 0 Å². The van der Waals surface area contributed by atoms with Crippen molar-refractivity contribution in [3.63, 3.8) is 0 Å². The van der Waals surface area contributed by atoms with Crippen LogP contribution in [0.15, 0.2) is 43.0 Å². The van der Waals surface area contributed by atoms with Crippen molar-refractivity contribution < 1.29 is 0 Å². The zero-order chi connectivity index (χ0) is 13.3. The number of benzene rings is 2. The Morgan fingerprint density at radius 1 is 1.00 bits per heavy atom. The molecule has 0 saturated carbocycles. The quantitative estimate of drug-likeness (QED) is 0.760. The number of nitrogens with two attached hydrogens (primary N) is 1. The van der Waals surface area contributed by atoms with Crippen molar-refractivity contribution in [2.45, 2.75) is 20.8 Å². The van der Waals surface area contributed by atoms with Crippen LogP contribution in [0.3, 0.4) is 0 Å².